The lowest BCUT2D eigenvalue weighted by Gasteiger charge is -2.52. The van der Waals surface area contributed by atoms with Crippen molar-refractivity contribution < 1.29 is 0 Å². The van der Waals surface area contributed by atoms with Crippen molar-refractivity contribution in [2.45, 2.75) is 217 Å². The van der Waals surface area contributed by atoms with Crippen molar-refractivity contribution >= 4 is 31.9 Å². The van der Waals surface area contributed by atoms with E-state index in [1.165, 1.54) is 180 Å². The second-order valence-corrected chi connectivity index (χ2v) is 18.2. The lowest BCUT2D eigenvalue weighted by atomic mass is 9.70. The van der Waals surface area contributed by atoms with Crippen LogP contribution in [0, 0.1) is 11.8 Å². The van der Waals surface area contributed by atoms with Crippen molar-refractivity contribution in [1.29, 1.82) is 0 Å². The molecule has 0 amide bonds. The lowest BCUT2D eigenvalue weighted by molar-refractivity contribution is -0.00584. The summed E-state index contributed by atoms with van der Waals surface area (Å²) < 4.78 is 0. The average molecular weight is 805 g/mol. The van der Waals surface area contributed by atoms with Crippen LogP contribution in [0.2, 0.25) is 0 Å². The van der Waals surface area contributed by atoms with Crippen LogP contribution in [0.4, 0.5) is 0 Å². The number of nitrogens with one attached hydrogen (secondary N) is 2. The van der Waals surface area contributed by atoms with Crippen molar-refractivity contribution in [3.8, 4) is 0 Å². The van der Waals surface area contributed by atoms with Crippen molar-refractivity contribution in [3.63, 3.8) is 0 Å². The molecule has 0 heterocycles. The largest absolute Gasteiger partial charge is 0.304 e. The predicted molar refractivity (Wildman–Crippen MR) is 222 cm³/mol. The highest BCUT2D eigenvalue weighted by molar-refractivity contribution is 9.09. The van der Waals surface area contributed by atoms with E-state index in [9.17, 15) is 0 Å². The first-order valence-electron chi connectivity index (χ1n) is 21.6. The van der Waals surface area contributed by atoms with Crippen LogP contribution < -0.4 is 10.6 Å². The van der Waals surface area contributed by atoms with E-state index in [1.54, 1.807) is 0 Å². The standard InChI is InChI=1S/C42H84Br2N4/c1-7-13-31-47(32-14-8-2)41(27-21-17-22-28-41)37(11-5)35-45-39(43)25-19-20-26-40(44)46-36-38(12-6)42(29-23-18-24-30-42)48(33-15-9-3)34-16-10-4/h37-40,45-46H,7-36H2,1-6H3. The van der Waals surface area contributed by atoms with Gasteiger partial charge >= 0.3 is 0 Å². The van der Waals surface area contributed by atoms with Gasteiger partial charge in [0.25, 0.3) is 0 Å². The molecule has 0 radical (unpaired) electrons. The summed E-state index contributed by atoms with van der Waals surface area (Å²) in [5.41, 5.74) is 0.809. The third-order valence-corrected chi connectivity index (χ3v) is 14.2. The molecule has 4 unspecified atom stereocenters. The number of rotatable bonds is 29. The molecular weight excluding hydrogens is 720 g/mol. The first kappa shape index (κ1) is 45.0. The fourth-order valence-electron chi connectivity index (χ4n) is 9.62. The number of nitrogens with zero attached hydrogens (tertiary/aromatic N) is 2. The Morgan fingerprint density at radius 2 is 0.792 bits per heavy atom. The molecule has 0 aliphatic heterocycles. The molecule has 0 aromatic rings. The number of unbranched alkanes of at least 4 members (excludes halogenated alkanes) is 5. The average Bonchev–Trinajstić information content (AvgIpc) is 3.11. The minimum absolute atomic E-state index is 0.404. The first-order chi connectivity index (χ1) is 23.4. The number of hydrogen-bond acceptors (Lipinski definition) is 4. The van der Waals surface area contributed by atoms with E-state index in [0.717, 1.165) is 24.9 Å². The molecule has 0 aromatic heterocycles. The predicted octanol–water partition coefficient (Wildman–Crippen LogP) is 12.4. The van der Waals surface area contributed by atoms with E-state index in [-0.39, 0.29) is 0 Å². The smallest absolute Gasteiger partial charge is 0.0630 e. The molecule has 0 saturated heterocycles. The molecule has 48 heavy (non-hydrogen) atoms. The Kier molecular flexibility index (Phi) is 24.9. The minimum atomic E-state index is 0.404. The Labute approximate surface area is 318 Å². The Balaban J connectivity index is 1.86. The summed E-state index contributed by atoms with van der Waals surface area (Å²) in [5.74, 6) is 1.48. The van der Waals surface area contributed by atoms with E-state index in [2.05, 4.69) is 93.8 Å². The highest BCUT2D eigenvalue weighted by Crippen LogP contribution is 2.43. The van der Waals surface area contributed by atoms with Gasteiger partial charge in [0, 0.05) is 24.2 Å². The Morgan fingerprint density at radius 3 is 1.06 bits per heavy atom. The molecule has 2 aliphatic carbocycles. The van der Waals surface area contributed by atoms with Crippen molar-refractivity contribution in [2.75, 3.05) is 39.3 Å². The Bertz CT molecular complexity index is 676. The van der Waals surface area contributed by atoms with Gasteiger partial charge in [0.15, 0.2) is 0 Å². The summed E-state index contributed by atoms with van der Waals surface area (Å²) in [6.45, 7) is 21.8. The van der Waals surface area contributed by atoms with Gasteiger partial charge in [-0.05, 0) is 102 Å². The van der Waals surface area contributed by atoms with Gasteiger partial charge < -0.3 is 10.6 Å². The molecule has 286 valence electrons. The molecule has 2 N–H and O–H groups in total. The van der Waals surface area contributed by atoms with Gasteiger partial charge in [0.2, 0.25) is 0 Å². The zero-order chi connectivity index (χ0) is 35.1. The first-order valence-corrected chi connectivity index (χ1v) is 23.4. The van der Waals surface area contributed by atoms with Crippen LogP contribution in [0.15, 0.2) is 0 Å². The third-order valence-electron chi connectivity index (χ3n) is 12.7. The summed E-state index contributed by atoms with van der Waals surface area (Å²) in [6, 6.07) is 0. The summed E-state index contributed by atoms with van der Waals surface area (Å²) in [6.07, 6.45) is 32.3. The van der Waals surface area contributed by atoms with E-state index in [1.807, 2.05) is 0 Å². The van der Waals surface area contributed by atoms with E-state index >= 15 is 0 Å². The van der Waals surface area contributed by atoms with Crippen LogP contribution in [-0.4, -0.2) is 70.0 Å². The van der Waals surface area contributed by atoms with Crippen molar-refractivity contribution in [3.05, 3.63) is 0 Å². The second-order valence-electron chi connectivity index (χ2n) is 16.0. The fourth-order valence-corrected chi connectivity index (χ4v) is 10.6. The maximum Gasteiger partial charge on any atom is 0.0630 e. The van der Waals surface area contributed by atoms with Crippen LogP contribution in [0.5, 0.6) is 0 Å². The fraction of sp³-hybridized carbons (Fsp3) is 1.00. The minimum Gasteiger partial charge on any atom is -0.304 e. The molecule has 4 atom stereocenters. The topological polar surface area (TPSA) is 30.5 Å². The highest BCUT2D eigenvalue weighted by atomic mass is 79.9. The molecule has 0 aromatic carbocycles. The third kappa shape index (κ3) is 14.7. The van der Waals surface area contributed by atoms with Gasteiger partial charge in [-0.3, -0.25) is 9.80 Å². The van der Waals surface area contributed by atoms with Crippen LogP contribution in [0.3, 0.4) is 0 Å². The molecule has 4 nitrogen and oxygen atoms in total. The molecule has 2 aliphatic rings. The Morgan fingerprint density at radius 1 is 0.479 bits per heavy atom. The summed E-state index contributed by atoms with van der Waals surface area (Å²) >= 11 is 8.13. The van der Waals surface area contributed by atoms with Gasteiger partial charge in [0.05, 0.1) is 9.90 Å². The van der Waals surface area contributed by atoms with Gasteiger partial charge in [-0.1, -0.05) is 163 Å². The van der Waals surface area contributed by atoms with E-state index < -0.39 is 0 Å². The molecule has 0 spiro atoms. The molecule has 2 rings (SSSR count). The summed E-state index contributed by atoms with van der Waals surface area (Å²) in [5, 5.41) is 7.99. The quantitative estimate of drug-likeness (QED) is 0.0448. The second kappa shape index (κ2) is 26.5. The lowest BCUT2D eigenvalue weighted by Crippen LogP contribution is -2.58. The SMILES string of the molecule is CCCCN(CCCC)C1(C(CC)CNC(Br)CCCCC(Br)NCC(CC)C2(N(CCCC)CCCC)CCCCC2)CCCCC1. The highest BCUT2D eigenvalue weighted by Gasteiger charge is 2.44. The maximum absolute atomic E-state index is 4.07. The zero-order valence-corrected chi connectivity index (χ0v) is 36.3. The maximum atomic E-state index is 4.07. The summed E-state index contributed by atoms with van der Waals surface area (Å²) in [7, 11) is 0. The van der Waals surface area contributed by atoms with Crippen LogP contribution in [0.25, 0.3) is 0 Å². The van der Waals surface area contributed by atoms with Crippen LogP contribution in [-0.2, 0) is 0 Å². The van der Waals surface area contributed by atoms with Gasteiger partial charge in [-0.15, -0.1) is 0 Å². The number of halogens is 2. The van der Waals surface area contributed by atoms with Crippen molar-refractivity contribution in [2.24, 2.45) is 11.8 Å². The summed E-state index contributed by atoms with van der Waals surface area (Å²) in [4.78, 5) is 6.80. The molecular formula is C42H84Br2N4. The van der Waals surface area contributed by atoms with Gasteiger partial charge in [-0.25, -0.2) is 0 Å². The Hall–Kier alpha value is 0.800. The van der Waals surface area contributed by atoms with E-state index in [4.69, 9.17) is 0 Å². The van der Waals surface area contributed by atoms with E-state index in [0.29, 0.717) is 21.0 Å². The molecule has 2 saturated carbocycles. The molecule has 0 bridgehead atoms. The van der Waals surface area contributed by atoms with Crippen LogP contribution in [0.1, 0.15) is 196 Å². The van der Waals surface area contributed by atoms with Crippen molar-refractivity contribution in [1.82, 2.24) is 20.4 Å². The van der Waals surface area contributed by atoms with Gasteiger partial charge in [-0.2, -0.15) is 0 Å². The monoisotopic (exact) mass is 803 g/mol. The zero-order valence-electron chi connectivity index (χ0n) is 33.2. The normalized spacial score (nSPS) is 20.6. The number of hydrogen-bond donors (Lipinski definition) is 2. The molecule has 2 fully saturated rings. The van der Waals surface area contributed by atoms with Crippen LogP contribution >= 0.6 is 31.9 Å². The number of alkyl halides is 2. The molecule has 6 heteroatoms. The van der Waals surface area contributed by atoms with Gasteiger partial charge in [0.1, 0.15) is 0 Å².